The van der Waals surface area contributed by atoms with Gasteiger partial charge in [-0.1, -0.05) is 29.8 Å². The van der Waals surface area contributed by atoms with Crippen molar-refractivity contribution in [1.29, 1.82) is 0 Å². The maximum absolute atomic E-state index is 13.8. The van der Waals surface area contributed by atoms with E-state index in [2.05, 4.69) is 5.43 Å². The molecule has 0 amide bonds. The van der Waals surface area contributed by atoms with Gasteiger partial charge in [0.2, 0.25) is 0 Å². The molecule has 0 aliphatic rings. The number of halogens is 1. The summed E-state index contributed by atoms with van der Waals surface area (Å²) in [7, 11) is 0. The van der Waals surface area contributed by atoms with E-state index in [1.807, 2.05) is 26.0 Å². The van der Waals surface area contributed by atoms with Gasteiger partial charge < -0.3 is 0 Å². The van der Waals surface area contributed by atoms with Gasteiger partial charge in [-0.25, -0.2) is 9.82 Å². The number of hydrazine groups is 1. The van der Waals surface area contributed by atoms with Crippen molar-refractivity contribution in [3.8, 4) is 0 Å². The number of rotatable bonds is 3. The molecule has 0 aliphatic carbocycles. The second kappa shape index (κ2) is 5.05. The lowest BCUT2D eigenvalue weighted by molar-refractivity contribution is 0.560. The summed E-state index contributed by atoms with van der Waals surface area (Å²) in [4.78, 5) is 0. The molecule has 3 heteroatoms. The molecule has 1 unspecified atom stereocenters. The Morgan fingerprint density at radius 1 is 1.47 bits per heavy atom. The van der Waals surface area contributed by atoms with Crippen molar-refractivity contribution in [1.82, 2.24) is 5.43 Å². The molecular weight excluding hydrogens is 191 g/mol. The third-order valence-corrected chi connectivity index (χ3v) is 2.24. The van der Waals surface area contributed by atoms with Crippen LogP contribution in [0, 0.1) is 12.7 Å². The van der Waals surface area contributed by atoms with E-state index in [-0.39, 0.29) is 11.9 Å². The van der Waals surface area contributed by atoms with E-state index in [4.69, 9.17) is 5.84 Å². The topological polar surface area (TPSA) is 38.0 Å². The van der Waals surface area contributed by atoms with Crippen molar-refractivity contribution < 1.29 is 4.39 Å². The van der Waals surface area contributed by atoms with Crippen LogP contribution in [-0.2, 0) is 0 Å². The van der Waals surface area contributed by atoms with Gasteiger partial charge in [-0.05, 0) is 26.3 Å². The quantitative estimate of drug-likeness (QED) is 0.455. The van der Waals surface area contributed by atoms with Crippen LogP contribution in [0.15, 0.2) is 29.8 Å². The van der Waals surface area contributed by atoms with Gasteiger partial charge in [-0.2, -0.15) is 0 Å². The Balaban J connectivity index is 3.13. The van der Waals surface area contributed by atoms with Gasteiger partial charge in [0.1, 0.15) is 5.82 Å². The molecule has 0 saturated carbocycles. The van der Waals surface area contributed by atoms with Crippen LogP contribution in [0.2, 0.25) is 0 Å². The first-order chi connectivity index (χ1) is 7.06. The van der Waals surface area contributed by atoms with Gasteiger partial charge in [0.25, 0.3) is 0 Å². The molecule has 1 atom stereocenters. The lowest BCUT2D eigenvalue weighted by Gasteiger charge is -2.14. The Bertz CT molecular complexity index is 368. The van der Waals surface area contributed by atoms with Crippen LogP contribution >= 0.6 is 0 Å². The van der Waals surface area contributed by atoms with Gasteiger partial charge in [0.05, 0.1) is 6.04 Å². The van der Waals surface area contributed by atoms with Crippen LogP contribution in [-0.4, -0.2) is 0 Å². The fraction of sp³-hybridized carbons (Fsp3) is 0.333. The van der Waals surface area contributed by atoms with E-state index < -0.39 is 0 Å². The number of nitrogens with one attached hydrogen (secondary N) is 1. The zero-order valence-electron chi connectivity index (χ0n) is 9.34. The molecule has 0 fully saturated rings. The smallest absolute Gasteiger partial charge is 0.131 e. The van der Waals surface area contributed by atoms with Crippen molar-refractivity contribution >= 4 is 0 Å². The third-order valence-electron chi connectivity index (χ3n) is 2.24. The summed E-state index contributed by atoms with van der Waals surface area (Å²) in [5.41, 5.74) is 4.91. The van der Waals surface area contributed by atoms with Gasteiger partial charge in [-0.3, -0.25) is 5.84 Å². The van der Waals surface area contributed by atoms with Crippen molar-refractivity contribution in [2.75, 3.05) is 0 Å². The molecule has 1 aromatic carbocycles. The van der Waals surface area contributed by atoms with E-state index in [1.54, 1.807) is 19.1 Å². The minimum atomic E-state index is -0.269. The summed E-state index contributed by atoms with van der Waals surface area (Å²) in [6.07, 6.45) is 1.90. The van der Waals surface area contributed by atoms with Crippen molar-refractivity contribution in [3.63, 3.8) is 0 Å². The highest BCUT2D eigenvalue weighted by Gasteiger charge is 2.12. The normalized spacial score (nSPS) is 12.3. The first-order valence-electron chi connectivity index (χ1n) is 4.92. The van der Waals surface area contributed by atoms with E-state index in [1.165, 1.54) is 0 Å². The number of allylic oxidation sites excluding steroid dienone is 1. The SMILES string of the molecule is CC(C)=CC(NN)c1cccc(C)c1F. The first kappa shape index (κ1) is 11.9. The largest absolute Gasteiger partial charge is 0.271 e. The average molecular weight is 208 g/mol. The van der Waals surface area contributed by atoms with E-state index >= 15 is 0 Å². The van der Waals surface area contributed by atoms with E-state index in [0.717, 1.165) is 5.57 Å². The molecule has 1 aromatic rings. The Hall–Kier alpha value is -1.19. The van der Waals surface area contributed by atoms with Crippen LogP contribution < -0.4 is 11.3 Å². The number of benzene rings is 1. The van der Waals surface area contributed by atoms with Crippen LogP contribution in [0.25, 0.3) is 0 Å². The van der Waals surface area contributed by atoms with E-state index in [0.29, 0.717) is 11.1 Å². The second-order valence-electron chi connectivity index (χ2n) is 3.87. The molecule has 1 rings (SSSR count). The molecule has 0 heterocycles. The predicted molar refractivity (Wildman–Crippen MR) is 60.6 cm³/mol. The Labute approximate surface area is 90.0 Å². The van der Waals surface area contributed by atoms with Crippen LogP contribution in [0.1, 0.15) is 31.0 Å². The number of hydrogen-bond acceptors (Lipinski definition) is 2. The number of nitrogens with two attached hydrogens (primary N) is 1. The number of aryl methyl sites for hydroxylation is 1. The molecule has 0 radical (unpaired) electrons. The fourth-order valence-corrected chi connectivity index (χ4v) is 1.47. The Kier molecular flexibility index (Phi) is 4.00. The molecule has 0 aromatic heterocycles. The van der Waals surface area contributed by atoms with Gasteiger partial charge in [0.15, 0.2) is 0 Å². The summed E-state index contributed by atoms with van der Waals surface area (Å²) in [6.45, 7) is 5.66. The average Bonchev–Trinajstić information content (AvgIpc) is 2.19. The molecule has 82 valence electrons. The molecule has 2 nitrogen and oxygen atoms in total. The highest BCUT2D eigenvalue weighted by atomic mass is 19.1. The van der Waals surface area contributed by atoms with Crippen LogP contribution in [0.4, 0.5) is 4.39 Å². The molecule has 15 heavy (non-hydrogen) atoms. The van der Waals surface area contributed by atoms with Crippen molar-refractivity contribution in [2.45, 2.75) is 26.8 Å². The minimum Gasteiger partial charge on any atom is -0.271 e. The molecule has 0 bridgehead atoms. The van der Waals surface area contributed by atoms with Crippen molar-refractivity contribution in [2.24, 2.45) is 5.84 Å². The van der Waals surface area contributed by atoms with Crippen LogP contribution in [0.3, 0.4) is 0 Å². The molecule has 0 aliphatic heterocycles. The lowest BCUT2D eigenvalue weighted by Crippen LogP contribution is -2.27. The molecule has 0 saturated heterocycles. The summed E-state index contributed by atoms with van der Waals surface area (Å²) in [5.74, 6) is 5.21. The third kappa shape index (κ3) is 2.88. The van der Waals surface area contributed by atoms with Crippen molar-refractivity contribution in [3.05, 3.63) is 46.8 Å². The zero-order valence-corrected chi connectivity index (χ0v) is 9.34. The zero-order chi connectivity index (χ0) is 11.4. The first-order valence-corrected chi connectivity index (χ1v) is 4.92. The number of hydrogen-bond donors (Lipinski definition) is 2. The second-order valence-corrected chi connectivity index (χ2v) is 3.87. The summed E-state index contributed by atoms with van der Waals surface area (Å²) >= 11 is 0. The van der Waals surface area contributed by atoms with Gasteiger partial charge in [-0.15, -0.1) is 0 Å². The Morgan fingerprint density at radius 2 is 2.13 bits per heavy atom. The molecular formula is C12H17FN2. The Morgan fingerprint density at radius 3 is 2.67 bits per heavy atom. The molecule has 0 spiro atoms. The van der Waals surface area contributed by atoms with E-state index in [9.17, 15) is 4.39 Å². The van der Waals surface area contributed by atoms with Crippen LogP contribution in [0.5, 0.6) is 0 Å². The minimum absolute atomic E-state index is 0.196. The monoisotopic (exact) mass is 208 g/mol. The highest BCUT2D eigenvalue weighted by molar-refractivity contribution is 5.30. The summed E-state index contributed by atoms with van der Waals surface area (Å²) < 4.78 is 13.8. The summed E-state index contributed by atoms with van der Waals surface area (Å²) in [5, 5.41) is 0. The predicted octanol–water partition coefficient (Wildman–Crippen LogP) is 2.60. The molecule has 3 N–H and O–H groups in total. The summed E-state index contributed by atoms with van der Waals surface area (Å²) in [6, 6.07) is 5.05. The fourth-order valence-electron chi connectivity index (χ4n) is 1.47. The maximum atomic E-state index is 13.8. The highest BCUT2D eigenvalue weighted by Crippen LogP contribution is 2.21. The maximum Gasteiger partial charge on any atom is 0.131 e. The lowest BCUT2D eigenvalue weighted by atomic mass is 10.0. The van der Waals surface area contributed by atoms with Gasteiger partial charge in [0, 0.05) is 5.56 Å². The standard InChI is InChI=1S/C12H17FN2/c1-8(2)7-11(15-14)10-6-4-5-9(3)12(10)13/h4-7,11,15H,14H2,1-3H3. The van der Waals surface area contributed by atoms with Gasteiger partial charge >= 0.3 is 0 Å².